The topological polar surface area (TPSA) is 106 Å². The van der Waals surface area contributed by atoms with Gasteiger partial charge in [0.1, 0.15) is 12.4 Å². The molecule has 1 aliphatic rings. The summed E-state index contributed by atoms with van der Waals surface area (Å²) in [6, 6.07) is 16.2. The minimum absolute atomic E-state index is 0.0373. The lowest BCUT2D eigenvalue weighted by Gasteiger charge is -2.25. The summed E-state index contributed by atoms with van der Waals surface area (Å²) in [7, 11) is 0. The summed E-state index contributed by atoms with van der Waals surface area (Å²) in [5.41, 5.74) is 1.38. The van der Waals surface area contributed by atoms with E-state index in [1.165, 1.54) is 0 Å². The van der Waals surface area contributed by atoms with Crippen molar-refractivity contribution in [3.8, 4) is 5.75 Å². The number of aryl methyl sites for hydroxylation is 1. The molecule has 2 N–H and O–H groups in total. The van der Waals surface area contributed by atoms with Gasteiger partial charge in [-0.25, -0.2) is 0 Å². The lowest BCUT2D eigenvalue weighted by atomic mass is 10.1. The van der Waals surface area contributed by atoms with Gasteiger partial charge in [-0.1, -0.05) is 41.9 Å². The lowest BCUT2D eigenvalue weighted by molar-refractivity contribution is -0.136. The number of amides is 3. The van der Waals surface area contributed by atoms with Gasteiger partial charge in [-0.3, -0.25) is 19.1 Å². The number of carbonyl (C=O) groups excluding carboxylic acids is 3. The number of nitrogens with one attached hydrogen (secondary N) is 2. The van der Waals surface area contributed by atoms with Gasteiger partial charge in [-0.15, -0.1) is 0 Å². The van der Waals surface area contributed by atoms with E-state index in [1.54, 1.807) is 34.0 Å². The molecule has 1 aliphatic heterocycles. The SMILES string of the molecule is O=C1CN(C(=O)CCCn2cccn2)CCCCNC(=O)c2cc(Cl)ccc2OC[C@H](Cc2ccccc2)N1. The average Bonchev–Trinajstić information content (AvgIpc) is 3.45. The molecule has 0 aliphatic carbocycles. The average molecular weight is 552 g/mol. The Morgan fingerprint density at radius 3 is 2.74 bits per heavy atom. The second-order valence-electron chi connectivity index (χ2n) is 9.56. The van der Waals surface area contributed by atoms with Crippen LogP contribution in [0, 0.1) is 0 Å². The largest absolute Gasteiger partial charge is 0.491 e. The highest BCUT2D eigenvalue weighted by atomic mass is 35.5. The predicted molar refractivity (Wildman–Crippen MR) is 149 cm³/mol. The number of aromatic nitrogens is 2. The maximum absolute atomic E-state index is 13.2. The zero-order valence-electron chi connectivity index (χ0n) is 21.9. The van der Waals surface area contributed by atoms with Gasteiger partial charge in [0.2, 0.25) is 11.8 Å². The van der Waals surface area contributed by atoms with Crippen LogP contribution < -0.4 is 15.4 Å². The molecule has 2 aromatic carbocycles. The Kier molecular flexibility index (Phi) is 10.4. The molecule has 4 rings (SSSR count). The molecule has 39 heavy (non-hydrogen) atoms. The van der Waals surface area contributed by atoms with Crippen LogP contribution in [0.3, 0.4) is 0 Å². The van der Waals surface area contributed by atoms with E-state index in [1.807, 2.05) is 42.6 Å². The summed E-state index contributed by atoms with van der Waals surface area (Å²) in [4.78, 5) is 40.8. The van der Waals surface area contributed by atoms with E-state index in [4.69, 9.17) is 16.3 Å². The third-order valence-electron chi connectivity index (χ3n) is 6.48. The Bertz CT molecular complexity index is 1240. The number of carbonyl (C=O) groups is 3. The first-order valence-electron chi connectivity index (χ1n) is 13.3. The second kappa shape index (κ2) is 14.3. The van der Waals surface area contributed by atoms with E-state index in [2.05, 4.69) is 15.7 Å². The Morgan fingerprint density at radius 1 is 1.10 bits per heavy atom. The van der Waals surface area contributed by atoms with Crippen LogP contribution in [0.15, 0.2) is 67.0 Å². The number of fused-ring (bicyclic) bond motifs is 1. The quantitative estimate of drug-likeness (QED) is 0.488. The first-order valence-corrected chi connectivity index (χ1v) is 13.6. The van der Waals surface area contributed by atoms with Crippen LogP contribution in [-0.2, 0) is 22.6 Å². The number of hydrogen-bond acceptors (Lipinski definition) is 5. The van der Waals surface area contributed by atoms with Crippen LogP contribution in [0.4, 0.5) is 0 Å². The zero-order chi connectivity index (χ0) is 27.5. The summed E-state index contributed by atoms with van der Waals surface area (Å²) < 4.78 is 7.85. The van der Waals surface area contributed by atoms with Crippen molar-refractivity contribution in [2.24, 2.45) is 0 Å². The van der Waals surface area contributed by atoms with Crippen molar-refractivity contribution in [2.75, 3.05) is 26.2 Å². The molecule has 0 spiro atoms. The normalized spacial score (nSPS) is 17.2. The highest BCUT2D eigenvalue weighted by molar-refractivity contribution is 6.31. The van der Waals surface area contributed by atoms with Crippen molar-refractivity contribution in [3.63, 3.8) is 0 Å². The molecule has 0 radical (unpaired) electrons. The number of nitrogens with zero attached hydrogens (tertiary/aromatic N) is 3. The monoisotopic (exact) mass is 551 g/mol. The highest BCUT2D eigenvalue weighted by Gasteiger charge is 2.22. The van der Waals surface area contributed by atoms with Crippen molar-refractivity contribution in [2.45, 2.75) is 44.7 Å². The molecule has 0 fully saturated rings. The van der Waals surface area contributed by atoms with Gasteiger partial charge < -0.3 is 20.3 Å². The van der Waals surface area contributed by atoms with Gasteiger partial charge in [0, 0.05) is 43.5 Å². The number of hydrogen-bond donors (Lipinski definition) is 2. The molecule has 2 heterocycles. The van der Waals surface area contributed by atoms with Gasteiger partial charge >= 0.3 is 0 Å². The summed E-state index contributed by atoms with van der Waals surface area (Å²) in [5.74, 6) is -0.213. The van der Waals surface area contributed by atoms with Gasteiger partial charge in [0.05, 0.1) is 18.2 Å². The highest BCUT2D eigenvalue weighted by Crippen LogP contribution is 2.23. The number of benzene rings is 2. The molecule has 0 unspecified atom stereocenters. The summed E-state index contributed by atoms with van der Waals surface area (Å²) in [6.07, 6.45) is 6.33. The Labute approximate surface area is 233 Å². The van der Waals surface area contributed by atoms with Crippen LogP contribution >= 0.6 is 11.6 Å². The molecular formula is C29H34ClN5O4. The second-order valence-corrected chi connectivity index (χ2v) is 9.99. The van der Waals surface area contributed by atoms with Crippen LogP contribution in [0.2, 0.25) is 5.02 Å². The third-order valence-corrected chi connectivity index (χ3v) is 6.72. The minimum atomic E-state index is -0.381. The molecule has 10 heteroatoms. The van der Waals surface area contributed by atoms with E-state index >= 15 is 0 Å². The van der Waals surface area contributed by atoms with E-state index < -0.39 is 0 Å². The number of halogens is 1. The van der Waals surface area contributed by atoms with Crippen molar-refractivity contribution in [1.82, 2.24) is 25.3 Å². The van der Waals surface area contributed by atoms with E-state index in [0.717, 1.165) is 5.56 Å². The molecule has 0 saturated heterocycles. The van der Waals surface area contributed by atoms with Crippen molar-refractivity contribution < 1.29 is 19.1 Å². The molecule has 1 atom stereocenters. The Morgan fingerprint density at radius 2 is 1.95 bits per heavy atom. The molecular weight excluding hydrogens is 518 g/mol. The minimum Gasteiger partial charge on any atom is -0.491 e. The van der Waals surface area contributed by atoms with Gasteiger partial charge in [0.25, 0.3) is 5.91 Å². The van der Waals surface area contributed by atoms with Crippen LogP contribution in [-0.4, -0.2) is 64.7 Å². The third kappa shape index (κ3) is 8.85. The lowest BCUT2D eigenvalue weighted by Crippen LogP contribution is -2.47. The summed E-state index contributed by atoms with van der Waals surface area (Å²) >= 11 is 6.17. The first-order chi connectivity index (χ1) is 19.0. The Balaban J connectivity index is 1.48. The van der Waals surface area contributed by atoms with E-state index in [9.17, 15) is 14.4 Å². The molecule has 0 bridgehead atoms. The number of rotatable bonds is 6. The van der Waals surface area contributed by atoms with Crippen molar-refractivity contribution in [1.29, 1.82) is 0 Å². The van der Waals surface area contributed by atoms with Crippen LogP contribution in [0.25, 0.3) is 0 Å². The van der Waals surface area contributed by atoms with Gasteiger partial charge in [-0.2, -0.15) is 5.10 Å². The van der Waals surface area contributed by atoms with Gasteiger partial charge in [0.15, 0.2) is 0 Å². The maximum Gasteiger partial charge on any atom is 0.255 e. The summed E-state index contributed by atoms with van der Waals surface area (Å²) in [5, 5.41) is 10.6. The van der Waals surface area contributed by atoms with Gasteiger partial charge in [-0.05, 0) is 55.5 Å². The van der Waals surface area contributed by atoms with E-state index in [-0.39, 0.29) is 36.9 Å². The molecule has 1 aromatic heterocycles. The molecule has 9 nitrogen and oxygen atoms in total. The fourth-order valence-corrected chi connectivity index (χ4v) is 4.66. The van der Waals surface area contributed by atoms with Crippen molar-refractivity contribution >= 4 is 29.3 Å². The van der Waals surface area contributed by atoms with Crippen molar-refractivity contribution in [3.05, 3.63) is 83.1 Å². The smallest absolute Gasteiger partial charge is 0.255 e. The van der Waals surface area contributed by atoms with E-state index in [0.29, 0.717) is 68.1 Å². The Hall–Kier alpha value is -3.85. The molecule has 3 amide bonds. The van der Waals surface area contributed by atoms with Crippen LogP contribution in [0.1, 0.15) is 41.6 Å². The maximum atomic E-state index is 13.2. The fourth-order valence-electron chi connectivity index (χ4n) is 4.49. The predicted octanol–water partition coefficient (Wildman–Crippen LogP) is 3.48. The number of ether oxygens (including phenoxy) is 1. The summed E-state index contributed by atoms with van der Waals surface area (Å²) in [6.45, 7) is 1.58. The standard InChI is InChI=1S/C29H34ClN5O4/c30-23-11-12-26-25(19-23)29(38)31-13-4-5-15-34(28(37)10-6-16-35-17-7-14-32-35)20-27(36)33-24(21-39-26)18-22-8-2-1-3-9-22/h1-3,7-9,11-12,14,17,19,24H,4-6,10,13,15-16,18,20-21H2,(H,31,38)(H,33,36)/t24-/m0/s1. The molecule has 0 saturated carbocycles. The van der Waals surface area contributed by atoms with Crippen LogP contribution in [0.5, 0.6) is 5.75 Å². The zero-order valence-corrected chi connectivity index (χ0v) is 22.6. The first kappa shape index (κ1) is 28.2. The molecule has 3 aromatic rings. The fraction of sp³-hybridized carbons (Fsp3) is 0.379. The molecule has 206 valence electrons.